The molecular formula is C24H20Cl2O2. The molecule has 0 saturated heterocycles. The first-order valence-electron chi connectivity index (χ1n) is 9.25. The third-order valence-corrected chi connectivity index (χ3v) is 6.16. The van der Waals surface area contributed by atoms with Crippen LogP contribution in [-0.2, 0) is 12.8 Å². The van der Waals surface area contributed by atoms with Gasteiger partial charge in [0.25, 0.3) is 0 Å². The third-order valence-electron chi connectivity index (χ3n) is 5.32. The van der Waals surface area contributed by atoms with Crippen molar-refractivity contribution in [1.29, 1.82) is 0 Å². The lowest BCUT2D eigenvalue weighted by atomic mass is 9.76. The van der Waals surface area contributed by atoms with E-state index in [2.05, 4.69) is 36.4 Å². The molecule has 4 heteroatoms. The van der Waals surface area contributed by atoms with Gasteiger partial charge < -0.3 is 10.2 Å². The highest BCUT2D eigenvalue weighted by Gasteiger charge is 2.32. The number of hydrogen-bond acceptors (Lipinski definition) is 2. The molecule has 2 nitrogen and oxygen atoms in total. The largest absolute Gasteiger partial charge is 0.506 e. The first kappa shape index (κ1) is 18.9. The first-order chi connectivity index (χ1) is 13.6. The summed E-state index contributed by atoms with van der Waals surface area (Å²) >= 11 is 12.5. The highest BCUT2D eigenvalue weighted by atomic mass is 35.5. The lowest BCUT2D eigenvalue weighted by Gasteiger charge is -2.30. The van der Waals surface area contributed by atoms with Crippen LogP contribution in [0.15, 0.2) is 72.8 Å². The average molecular weight is 411 g/mol. The van der Waals surface area contributed by atoms with Gasteiger partial charge in [-0.3, -0.25) is 0 Å². The second-order valence-corrected chi connectivity index (χ2v) is 7.89. The number of phenolic OH excluding ortho intramolecular Hbond substituents is 2. The normalized spacial score (nSPS) is 18.1. The van der Waals surface area contributed by atoms with Gasteiger partial charge in [0.05, 0.1) is 0 Å². The van der Waals surface area contributed by atoms with Crippen molar-refractivity contribution in [3.8, 4) is 11.5 Å². The molecule has 28 heavy (non-hydrogen) atoms. The molecule has 2 unspecified atom stereocenters. The van der Waals surface area contributed by atoms with Gasteiger partial charge in [0, 0.05) is 23.0 Å². The average Bonchev–Trinajstić information content (AvgIpc) is 2.73. The monoisotopic (exact) mass is 410 g/mol. The van der Waals surface area contributed by atoms with Crippen molar-refractivity contribution in [2.45, 2.75) is 24.7 Å². The summed E-state index contributed by atoms with van der Waals surface area (Å²) in [5, 5.41) is 21.6. The summed E-state index contributed by atoms with van der Waals surface area (Å²) in [5.41, 5.74) is 3.63. The molecular weight excluding hydrogens is 391 g/mol. The summed E-state index contributed by atoms with van der Waals surface area (Å²) in [6.07, 6.45) is 5.61. The quantitative estimate of drug-likeness (QED) is 0.374. The minimum absolute atomic E-state index is 0.00439. The van der Waals surface area contributed by atoms with Gasteiger partial charge in [-0.15, -0.1) is 0 Å². The fourth-order valence-electron chi connectivity index (χ4n) is 3.99. The summed E-state index contributed by atoms with van der Waals surface area (Å²) < 4.78 is 0. The number of benzene rings is 3. The van der Waals surface area contributed by atoms with Crippen molar-refractivity contribution in [2.75, 3.05) is 0 Å². The summed E-state index contributed by atoms with van der Waals surface area (Å²) in [5.74, 6) is -0.263. The summed E-state index contributed by atoms with van der Waals surface area (Å²) in [6, 6.07) is 20.1. The van der Waals surface area contributed by atoms with Crippen molar-refractivity contribution in [1.82, 2.24) is 0 Å². The van der Waals surface area contributed by atoms with Gasteiger partial charge >= 0.3 is 0 Å². The fourth-order valence-corrected chi connectivity index (χ4v) is 4.37. The Labute approximate surface area is 174 Å². The van der Waals surface area contributed by atoms with Crippen LogP contribution in [0.4, 0.5) is 0 Å². The fraction of sp³-hybridized carbons (Fsp3) is 0.167. The number of aromatic hydroxyl groups is 2. The van der Waals surface area contributed by atoms with Crippen molar-refractivity contribution >= 4 is 23.2 Å². The Hall–Kier alpha value is -2.42. The molecule has 1 aliphatic carbocycles. The SMILES string of the molecule is Oc1c(Cl)c(Cl)c(O)c2c1C(Cc1ccccc1)C=CC2Cc1ccccc1. The van der Waals surface area contributed by atoms with Crippen LogP contribution in [-0.4, -0.2) is 10.2 Å². The molecule has 2 N–H and O–H groups in total. The highest BCUT2D eigenvalue weighted by Crippen LogP contribution is 2.52. The number of hydrogen-bond donors (Lipinski definition) is 2. The van der Waals surface area contributed by atoms with Crippen LogP contribution in [0.2, 0.25) is 10.0 Å². The van der Waals surface area contributed by atoms with Crippen molar-refractivity contribution in [2.24, 2.45) is 0 Å². The van der Waals surface area contributed by atoms with Gasteiger partial charge in [-0.1, -0.05) is 96.0 Å². The Kier molecular flexibility index (Phi) is 5.34. The maximum atomic E-state index is 10.8. The predicted octanol–water partition coefficient (Wildman–Crippen LogP) is 6.63. The van der Waals surface area contributed by atoms with E-state index in [9.17, 15) is 10.2 Å². The van der Waals surface area contributed by atoms with Crippen molar-refractivity contribution in [3.05, 3.63) is 105 Å². The molecule has 4 rings (SSSR count). The van der Waals surface area contributed by atoms with Gasteiger partial charge in [0.15, 0.2) is 0 Å². The maximum absolute atomic E-state index is 10.8. The van der Waals surface area contributed by atoms with E-state index in [1.54, 1.807) is 0 Å². The van der Waals surface area contributed by atoms with Gasteiger partial charge in [0.1, 0.15) is 21.5 Å². The van der Waals surface area contributed by atoms with Crippen molar-refractivity contribution in [3.63, 3.8) is 0 Å². The smallest absolute Gasteiger partial charge is 0.140 e. The third kappa shape index (κ3) is 3.50. The Balaban J connectivity index is 1.80. The van der Waals surface area contributed by atoms with Crippen LogP contribution in [0, 0.1) is 0 Å². The molecule has 0 spiro atoms. The number of fused-ring (bicyclic) bond motifs is 1. The van der Waals surface area contributed by atoms with E-state index in [1.165, 1.54) is 0 Å². The molecule has 0 amide bonds. The van der Waals surface area contributed by atoms with E-state index in [1.807, 2.05) is 36.4 Å². The van der Waals surface area contributed by atoms with Gasteiger partial charge in [-0.2, -0.15) is 0 Å². The molecule has 0 bridgehead atoms. The Morgan fingerprint density at radius 2 is 0.964 bits per heavy atom. The summed E-state index contributed by atoms with van der Waals surface area (Å²) in [4.78, 5) is 0. The van der Waals surface area contributed by atoms with E-state index >= 15 is 0 Å². The van der Waals surface area contributed by atoms with E-state index in [4.69, 9.17) is 23.2 Å². The molecule has 0 fully saturated rings. The van der Waals surface area contributed by atoms with Gasteiger partial charge in [-0.05, 0) is 24.0 Å². The molecule has 0 heterocycles. The minimum Gasteiger partial charge on any atom is -0.506 e. The van der Waals surface area contributed by atoms with E-state index < -0.39 is 0 Å². The Morgan fingerprint density at radius 1 is 0.607 bits per heavy atom. The molecule has 1 aliphatic rings. The molecule has 0 aliphatic heterocycles. The second kappa shape index (κ2) is 7.90. The molecule has 0 radical (unpaired) electrons. The van der Waals surface area contributed by atoms with Crippen LogP contribution >= 0.6 is 23.2 Å². The van der Waals surface area contributed by atoms with Crippen molar-refractivity contribution < 1.29 is 10.2 Å². The van der Waals surface area contributed by atoms with Gasteiger partial charge in [0.2, 0.25) is 0 Å². The van der Waals surface area contributed by atoms with Gasteiger partial charge in [-0.25, -0.2) is 0 Å². The summed E-state index contributed by atoms with van der Waals surface area (Å²) in [7, 11) is 0. The molecule has 0 aromatic heterocycles. The maximum Gasteiger partial charge on any atom is 0.140 e. The first-order valence-corrected chi connectivity index (χ1v) is 10.0. The molecule has 3 aromatic carbocycles. The zero-order chi connectivity index (χ0) is 19.7. The number of phenols is 2. The molecule has 2 atom stereocenters. The van der Waals surface area contributed by atoms with E-state index in [0.29, 0.717) is 24.0 Å². The Morgan fingerprint density at radius 3 is 1.32 bits per heavy atom. The molecule has 142 valence electrons. The number of rotatable bonds is 4. The standard InChI is InChI=1S/C24H20Cl2O2/c25-21-22(26)24(28)20-18(14-16-9-5-2-6-10-16)12-11-17(19(20)23(21)27)13-15-7-3-1-4-8-15/h1-12,17-18,27-28H,13-14H2. The highest BCUT2D eigenvalue weighted by molar-refractivity contribution is 6.44. The predicted molar refractivity (Wildman–Crippen MR) is 115 cm³/mol. The number of allylic oxidation sites excluding steroid dienone is 2. The van der Waals surface area contributed by atoms with Crippen LogP contribution in [0.3, 0.4) is 0 Å². The zero-order valence-electron chi connectivity index (χ0n) is 15.1. The molecule has 3 aromatic rings. The molecule has 0 saturated carbocycles. The second-order valence-electron chi connectivity index (χ2n) is 7.13. The van der Waals surface area contributed by atoms with Crippen LogP contribution in [0.1, 0.15) is 34.1 Å². The Bertz CT molecular complexity index is 932. The van der Waals surface area contributed by atoms with E-state index in [0.717, 1.165) is 11.1 Å². The minimum atomic E-state index is -0.0925. The topological polar surface area (TPSA) is 40.5 Å². The van der Waals surface area contributed by atoms with E-state index in [-0.39, 0.29) is 33.4 Å². The van der Waals surface area contributed by atoms with Crippen LogP contribution in [0.25, 0.3) is 0 Å². The lowest BCUT2D eigenvalue weighted by Crippen LogP contribution is -2.14. The zero-order valence-corrected chi connectivity index (χ0v) is 16.7. The van der Waals surface area contributed by atoms with Crippen LogP contribution in [0.5, 0.6) is 11.5 Å². The lowest BCUT2D eigenvalue weighted by molar-refractivity contribution is 0.440. The van der Waals surface area contributed by atoms with Crippen LogP contribution < -0.4 is 0 Å². The number of halogens is 2. The summed E-state index contributed by atoms with van der Waals surface area (Å²) in [6.45, 7) is 0.